The van der Waals surface area contributed by atoms with Crippen LogP contribution in [0.5, 0.6) is 0 Å². The average molecular weight is 257 g/mol. The fraction of sp³-hybridized carbons (Fsp3) is 0.250. The number of aliphatic hydroxyl groups excluding tert-OH is 1. The lowest BCUT2D eigenvalue weighted by Gasteiger charge is -2.16. The van der Waals surface area contributed by atoms with Gasteiger partial charge >= 0.3 is 0 Å². The molecule has 2 aromatic carbocycles. The highest BCUT2D eigenvalue weighted by molar-refractivity contribution is 5.18. The van der Waals surface area contributed by atoms with Crippen LogP contribution in [0.2, 0.25) is 0 Å². The normalized spacial score (nSPS) is 14.0. The molecule has 0 unspecified atom stereocenters. The van der Waals surface area contributed by atoms with Gasteiger partial charge in [0, 0.05) is 0 Å². The fourth-order valence-corrected chi connectivity index (χ4v) is 1.83. The minimum atomic E-state index is -0.614. The first-order valence-electron chi connectivity index (χ1n) is 6.42. The van der Waals surface area contributed by atoms with E-state index in [1.807, 2.05) is 67.6 Å². The Morgan fingerprint density at radius 3 is 2.05 bits per heavy atom. The molecule has 2 atom stereocenters. The van der Waals surface area contributed by atoms with Crippen molar-refractivity contribution in [1.29, 1.82) is 0 Å². The number of benzene rings is 2. The molecular formula is C16H19NO2. The van der Waals surface area contributed by atoms with Crippen LogP contribution in [-0.2, 0) is 4.84 Å². The van der Waals surface area contributed by atoms with E-state index >= 15 is 0 Å². The van der Waals surface area contributed by atoms with Crippen molar-refractivity contribution in [3.05, 3.63) is 71.8 Å². The van der Waals surface area contributed by atoms with E-state index < -0.39 is 6.10 Å². The van der Waals surface area contributed by atoms with E-state index in [0.29, 0.717) is 0 Å². The van der Waals surface area contributed by atoms with Crippen LogP contribution in [0.1, 0.15) is 30.2 Å². The van der Waals surface area contributed by atoms with Crippen molar-refractivity contribution in [3.63, 3.8) is 0 Å². The molecule has 0 amide bonds. The van der Waals surface area contributed by atoms with Crippen molar-refractivity contribution < 1.29 is 9.94 Å². The van der Waals surface area contributed by atoms with E-state index in [1.54, 1.807) is 0 Å². The molecule has 0 aliphatic rings. The van der Waals surface area contributed by atoms with Crippen LogP contribution in [-0.4, -0.2) is 11.7 Å². The molecule has 0 aliphatic heterocycles. The minimum absolute atomic E-state index is 0.0872. The zero-order valence-corrected chi connectivity index (χ0v) is 11.0. The monoisotopic (exact) mass is 257 g/mol. The quantitative estimate of drug-likeness (QED) is 0.782. The average Bonchev–Trinajstić information content (AvgIpc) is 2.49. The number of hydrogen-bond donors (Lipinski definition) is 2. The Hall–Kier alpha value is -1.68. The Morgan fingerprint density at radius 1 is 0.947 bits per heavy atom. The van der Waals surface area contributed by atoms with Crippen molar-refractivity contribution >= 4 is 0 Å². The van der Waals surface area contributed by atoms with Gasteiger partial charge in [0.2, 0.25) is 0 Å². The van der Waals surface area contributed by atoms with Crippen molar-refractivity contribution in [2.45, 2.75) is 19.1 Å². The van der Waals surface area contributed by atoms with Gasteiger partial charge in [-0.15, -0.1) is 0 Å². The summed E-state index contributed by atoms with van der Waals surface area (Å²) in [5, 5.41) is 9.94. The molecule has 0 bridgehead atoms. The number of hydrogen-bond acceptors (Lipinski definition) is 3. The second-order valence-electron chi connectivity index (χ2n) is 4.49. The second-order valence-corrected chi connectivity index (χ2v) is 4.49. The number of rotatable bonds is 6. The molecule has 19 heavy (non-hydrogen) atoms. The lowest BCUT2D eigenvalue weighted by molar-refractivity contribution is -0.0340. The van der Waals surface area contributed by atoms with Gasteiger partial charge in [0.05, 0.1) is 12.6 Å². The zero-order chi connectivity index (χ0) is 13.5. The van der Waals surface area contributed by atoms with Crippen LogP contribution in [0, 0.1) is 0 Å². The van der Waals surface area contributed by atoms with E-state index in [2.05, 4.69) is 5.48 Å². The number of hydroxylamine groups is 1. The number of nitrogens with one attached hydrogen (secondary N) is 1. The Kier molecular flexibility index (Phi) is 5.10. The summed E-state index contributed by atoms with van der Waals surface area (Å²) in [6, 6.07) is 19.6. The zero-order valence-electron chi connectivity index (χ0n) is 11.0. The summed E-state index contributed by atoms with van der Waals surface area (Å²) in [5.41, 5.74) is 4.95. The van der Waals surface area contributed by atoms with Gasteiger partial charge in [0.15, 0.2) is 0 Å². The van der Waals surface area contributed by atoms with Gasteiger partial charge in [-0.3, -0.25) is 4.84 Å². The largest absolute Gasteiger partial charge is 0.386 e. The van der Waals surface area contributed by atoms with Crippen LogP contribution in [0.15, 0.2) is 60.7 Å². The van der Waals surface area contributed by atoms with E-state index in [0.717, 1.165) is 11.1 Å². The summed E-state index contributed by atoms with van der Waals surface area (Å²) in [4.78, 5) is 5.37. The molecule has 0 fully saturated rings. The summed E-state index contributed by atoms with van der Waals surface area (Å²) in [6.07, 6.45) is -0.614. The first kappa shape index (κ1) is 13.7. The molecule has 0 saturated carbocycles. The predicted octanol–water partition coefficient (Wildman–Crippen LogP) is 3.00. The van der Waals surface area contributed by atoms with Gasteiger partial charge in [0.25, 0.3) is 0 Å². The smallest absolute Gasteiger partial charge is 0.104 e. The molecule has 0 saturated heterocycles. The third-order valence-corrected chi connectivity index (χ3v) is 2.99. The third-order valence-electron chi connectivity index (χ3n) is 2.99. The van der Waals surface area contributed by atoms with Gasteiger partial charge in [-0.25, -0.2) is 0 Å². The highest BCUT2D eigenvalue weighted by Gasteiger charge is 2.09. The van der Waals surface area contributed by atoms with Crippen LogP contribution >= 0.6 is 0 Å². The van der Waals surface area contributed by atoms with Gasteiger partial charge in [0.1, 0.15) is 6.10 Å². The highest BCUT2D eigenvalue weighted by Crippen LogP contribution is 2.14. The highest BCUT2D eigenvalue weighted by atomic mass is 16.6. The molecule has 0 aliphatic carbocycles. The van der Waals surface area contributed by atoms with E-state index in [4.69, 9.17) is 4.84 Å². The molecule has 0 spiro atoms. The van der Waals surface area contributed by atoms with Crippen molar-refractivity contribution in [2.24, 2.45) is 0 Å². The third kappa shape index (κ3) is 4.17. The lowest BCUT2D eigenvalue weighted by atomic mass is 10.1. The van der Waals surface area contributed by atoms with E-state index in [9.17, 15) is 5.11 Å². The summed E-state index contributed by atoms with van der Waals surface area (Å²) in [7, 11) is 0. The topological polar surface area (TPSA) is 41.5 Å². The molecule has 0 aromatic heterocycles. The summed E-state index contributed by atoms with van der Waals surface area (Å²) < 4.78 is 0. The molecule has 2 rings (SSSR count). The van der Waals surface area contributed by atoms with Crippen LogP contribution in [0.3, 0.4) is 0 Å². The maximum Gasteiger partial charge on any atom is 0.104 e. The van der Waals surface area contributed by atoms with Crippen LogP contribution < -0.4 is 5.48 Å². The molecular weight excluding hydrogens is 238 g/mol. The molecule has 2 aromatic rings. The molecule has 2 N–H and O–H groups in total. The van der Waals surface area contributed by atoms with Gasteiger partial charge in [-0.2, -0.15) is 5.48 Å². The Balaban J connectivity index is 1.78. The van der Waals surface area contributed by atoms with Gasteiger partial charge in [-0.05, 0) is 18.1 Å². The Labute approximate surface area is 113 Å². The van der Waals surface area contributed by atoms with Crippen molar-refractivity contribution in [3.8, 4) is 0 Å². The second kappa shape index (κ2) is 7.04. The van der Waals surface area contributed by atoms with Gasteiger partial charge in [-0.1, -0.05) is 60.7 Å². The number of aliphatic hydroxyl groups is 1. The maximum atomic E-state index is 9.94. The molecule has 0 radical (unpaired) electrons. The molecule has 3 nitrogen and oxygen atoms in total. The molecule has 3 heteroatoms. The summed E-state index contributed by atoms with van der Waals surface area (Å²) in [5.74, 6) is 0. The molecule has 0 heterocycles. The Morgan fingerprint density at radius 2 is 1.47 bits per heavy atom. The standard InChI is InChI=1S/C16H19NO2/c1-13(14-8-4-2-5-9-14)17-19-12-16(18)15-10-6-3-7-11-15/h2-11,13,16-18H,12H2,1H3/t13-,16-/m0/s1. The minimum Gasteiger partial charge on any atom is -0.386 e. The molecule has 100 valence electrons. The van der Waals surface area contributed by atoms with E-state index in [1.165, 1.54) is 0 Å². The lowest BCUT2D eigenvalue weighted by Crippen LogP contribution is -2.22. The van der Waals surface area contributed by atoms with Gasteiger partial charge < -0.3 is 5.11 Å². The summed E-state index contributed by atoms with van der Waals surface area (Å²) >= 11 is 0. The predicted molar refractivity (Wildman–Crippen MR) is 75.3 cm³/mol. The Bertz CT molecular complexity index is 427. The fourth-order valence-electron chi connectivity index (χ4n) is 1.83. The summed E-state index contributed by atoms with van der Waals surface area (Å²) in [6.45, 7) is 2.24. The maximum absolute atomic E-state index is 9.94. The van der Waals surface area contributed by atoms with E-state index in [-0.39, 0.29) is 12.6 Å². The first-order chi connectivity index (χ1) is 9.27. The van der Waals surface area contributed by atoms with Crippen LogP contribution in [0.25, 0.3) is 0 Å². The van der Waals surface area contributed by atoms with Crippen LogP contribution in [0.4, 0.5) is 0 Å². The SMILES string of the molecule is C[C@H](NOC[C@H](O)c1ccccc1)c1ccccc1. The van der Waals surface area contributed by atoms with Crippen molar-refractivity contribution in [1.82, 2.24) is 5.48 Å². The van der Waals surface area contributed by atoms with Crippen molar-refractivity contribution in [2.75, 3.05) is 6.61 Å². The first-order valence-corrected chi connectivity index (χ1v) is 6.42.